The van der Waals surface area contributed by atoms with Crippen molar-refractivity contribution in [1.82, 2.24) is 5.32 Å². The lowest BCUT2D eigenvalue weighted by Gasteiger charge is -2.24. The lowest BCUT2D eigenvalue weighted by atomic mass is 10.2. The van der Waals surface area contributed by atoms with E-state index in [1.54, 1.807) is 24.3 Å². The summed E-state index contributed by atoms with van der Waals surface area (Å²) >= 11 is 0. The summed E-state index contributed by atoms with van der Waals surface area (Å²) in [5.41, 5.74) is -0.273. The first-order valence-electron chi connectivity index (χ1n) is 10.4. The Morgan fingerprint density at radius 2 is 1.66 bits per heavy atom. The van der Waals surface area contributed by atoms with Crippen molar-refractivity contribution >= 4 is 29.1 Å². The number of alkyl halides is 3. The van der Waals surface area contributed by atoms with Gasteiger partial charge in [0.1, 0.15) is 11.6 Å². The van der Waals surface area contributed by atoms with E-state index >= 15 is 0 Å². The second kappa shape index (κ2) is 11.2. The summed E-state index contributed by atoms with van der Waals surface area (Å²) in [5, 5.41) is 7.62. The van der Waals surface area contributed by atoms with E-state index in [0.717, 1.165) is 24.3 Å². The smallest absolute Gasteiger partial charge is 0.416 e. The van der Waals surface area contributed by atoms with Gasteiger partial charge in [-0.05, 0) is 54.6 Å². The van der Waals surface area contributed by atoms with Gasteiger partial charge in [-0.3, -0.25) is 4.90 Å². The van der Waals surface area contributed by atoms with Crippen LogP contribution in [-0.4, -0.2) is 32.3 Å². The van der Waals surface area contributed by atoms with E-state index in [1.165, 1.54) is 36.3 Å². The van der Waals surface area contributed by atoms with Gasteiger partial charge in [-0.15, -0.1) is 0 Å². The standard InChI is InChI=1S/C24H22F4N4O3/c1-35-21-8-3-2-7-20(21)31-22(33)29-13-14-32(19-11-9-17(25)10-12-19)23(34)30-18-6-4-5-16(15-18)24(26,27)28/h2-12,15H,13-14H2,1H3,(H,30,34)(H2,29,31,33). The molecule has 0 saturated heterocycles. The van der Waals surface area contributed by atoms with E-state index in [0.29, 0.717) is 11.4 Å². The van der Waals surface area contributed by atoms with Crippen LogP contribution in [0.1, 0.15) is 5.56 Å². The largest absolute Gasteiger partial charge is 0.495 e. The number of hydrogen-bond acceptors (Lipinski definition) is 3. The van der Waals surface area contributed by atoms with Crippen LogP contribution in [0.4, 0.5) is 44.2 Å². The number of carbonyl (C=O) groups is 2. The van der Waals surface area contributed by atoms with Gasteiger partial charge >= 0.3 is 18.2 Å². The summed E-state index contributed by atoms with van der Waals surface area (Å²) in [6.07, 6.45) is -4.57. The van der Waals surface area contributed by atoms with Gasteiger partial charge in [0.05, 0.1) is 18.4 Å². The number of nitrogens with zero attached hydrogens (tertiary/aromatic N) is 1. The molecule has 3 aromatic carbocycles. The third kappa shape index (κ3) is 7.10. The van der Waals surface area contributed by atoms with E-state index in [2.05, 4.69) is 16.0 Å². The Morgan fingerprint density at radius 1 is 0.943 bits per heavy atom. The molecule has 0 radical (unpaired) electrons. The third-order valence-corrected chi connectivity index (χ3v) is 4.80. The Hall–Kier alpha value is -4.28. The molecule has 0 aliphatic carbocycles. The van der Waals surface area contributed by atoms with Crippen molar-refractivity contribution in [2.45, 2.75) is 6.18 Å². The number of hydrogen-bond donors (Lipinski definition) is 3. The summed E-state index contributed by atoms with van der Waals surface area (Å²) in [6, 6.07) is 14.6. The Balaban J connectivity index is 1.69. The van der Waals surface area contributed by atoms with Crippen LogP contribution in [0.5, 0.6) is 5.75 Å². The average Bonchev–Trinajstić information content (AvgIpc) is 2.82. The molecule has 0 atom stereocenters. The first-order chi connectivity index (χ1) is 16.7. The molecule has 3 aromatic rings. The fourth-order valence-electron chi connectivity index (χ4n) is 3.13. The molecule has 0 bridgehead atoms. The number of rotatable bonds is 7. The van der Waals surface area contributed by atoms with Crippen LogP contribution in [-0.2, 0) is 6.18 Å². The SMILES string of the molecule is COc1ccccc1NC(=O)NCCN(C(=O)Nc1cccc(C(F)(F)F)c1)c1ccc(F)cc1. The van der Waals surface area contributed by atoms with Gasteiger partial charge < -0.3 is 20.7 Å². The lowest BCUT2D eigenvalue weighted by molar-refractivity contribution is -0.137. The van der Waals surface area contributed by atoms with Crippen LogP contribution < -0.4 is 25.6 Å². The van der Waals surface area contributed by atoms with Crippen LogP contribution >= 0.6 is 0 Å². The van der Waals surface area contributed by atoms with Crippen LogP contribution in [0.3, 0.4) is 0 Å². The number of nitrogens with one attached hydrogen (secondary N) is 3. The van der Waals surface area contributed by atoms with Crippen molar-refractivity contribution in [1.29, 1.82) is 0 Å². The Labute approximate surface area is 198 Å². The molecule has 3 rings (SSSR count). The van der Waals surface area contributed by atoms with Crippen molar-refractivity contribution in [3.05, 3.63) is 84.2 Å². The maximum absolute atomic E-state index is 13.4. The van der Waals surface area contributed by atoms with E-state index in [9.17, 15) is 27.2 Å². The zero-order valence-corrected chi connectivity index (χ0v) is 18.5. The maximum Gasteiger partial charge on any atom is 0.416 e. The highest BCUT2D eigenvalue weighted by molar-refractivity contribution is 6.02. The maximum atomic E-state index is 13.4. The predicted molar refractivity (Wildman–Crippen MR) is 124 cm³/mol. The first-order valence-corrected chi connectivity index (χ1v) is 10.4. The highest BCUT2D eigenvalue weighted by Gasteiger charge is 2.30. The van der Waals surface area contributed by atoms with E-state index in [-0.39, 0.29) is 24.5 Å². The monoisotopic (exact) mass is 490 g/mol. The molecule has 0 heterocycles. The fourth-order valence-corrected chi connectivity index (χ4v) is 3.13. The second-order valence-electron chi connectivity index (χ2n) is 7.22. The van der Waals surface area contributed by atoms with E-state index in [1.807, 2.05) is 0 Å². The molecule has 11 heteroatoms. The third-order valence-electron chi connectivity index (χ3n) is 4.80. The Morgan fingerprint density at radius 3 is 2.34 bits per heavy atom. The van der Waals surface area contributed by atoms with Crippen molar-refractivity contribution in [3.63, 3.8) is 0 Å². The van der Waals surface area contributed by atoms with Crippen molar-refractivity contribution < 1.29 is 31.9 Å². The Kier molecular flexibility index (Phi) is 8.13. The molecule has 0 saturated carbocycles. The molecule has 0 spiro atoms. The molecule has 0 aliphatic heterocycles. The van der Waals surface area contributed by atoms with Gasteiger partial charge in [-0.1, -0.05) is 18.2 Å². The van der Waals surface area contributed by atoms with Crippen LogP contribution in [0, 0.1) is 5.82 Å². The van der Waals surface area contributed by atoms with Gasteiger partial charge in [0.2, 0.25) is 0 Å². The number of carbonyl (C=O) groups excluding carboxylic acids is 2. The number of amides is 4. The minimum absolute atomic E-state index is 0.0195. The molecule has 0 fully saturated rings. The number of benzene rings is 3. The van der Waals surface area contributed by atoms with Gasteiger partial charge in [0.15, 0.2) is 0 Å². The molecule has 184 valence electrons. The van der Waals surface area contributed by atoms with Crippen LogP contribution in [0.25, 0.3) is 0 Å². The minimum Gasteiger partial charge on any atom is -0.495 e. The minimum atomic E-state index is -4.57. The van der Waals surface area contributed by atoms with Crippen molar-refractivity contribution in [2.75, 3.05) is 35.7 Å². The number of methoxy groups -OCH3 is 1. The highest BCUT2D eigenvalue weighted by atomic mass is 19.4. The van der Waals surface area contributed by atoms with E-state index in [4.69, 9.17) is 4.74 Å². The van der Waals surface area contributed by atoms with Gasteiger partial charge in [-0.25, -0.2) is 14.0 Å². The highest BCUT2D eigenvalue weighted by Crippen LogP contribution is 2.31. The molecule has 0 aliphatic rings. The second-order valence-corrected chi connectivity index (χ2v) is 7.22. The number of para-hydroxylation sites is 2. The summed E-state index contributed by atoms with van der Waals surface area (Å²) < 4.78 is 57.5. The van der Waals surface area contributed by atoms with Crippen molar-refractivity contribution in [3.8, 4) is 5.75 Å². The average molecular weight is 490 g/mol. The number of urea groups is 2. The first kappa shape index (κ1) is 25.3. The molecule has 0 unspecified atom stereocenters. The molecule has 3 N–H and O–H groups in total. The van der Waals surface area contributed by atoms with Gasteiger partial charge in [0.25, 0.3) is 0 Å². The summed E-state index contributed by atoms with van der Waals surface area (Å²) in [5.74, 6) is -0.0719. The normalized spacial score (nSPS) is 10.9. The quantitative estimate of drug-likeness (QED) is 0.371. The summed E-state index contributed by atoms with van der Waals surface area (Å²) in [6.45, 7) is -0.0792. The molecule has 7 nitrogen and oxygen atoms in total. The summed E-state index contributed by atoms with van der Waals surface area (Å²) in [7, 11) is 1.46. The number of anilines is 3. The van der Waals surface area contributed by atoms with Crippen molar-refractivity contribution in [2.24, 2.45) is 0 Å². The fraction of sp³-hybridized carbons (Fsp3) is 0.167. The summed E-state index contributed by atoms with van der Waals surface area (Å²) in [4.78, 5) is 26.4. The predicted octanol–water partition coefficient (Wildman–Crippen LogP) is 5.71. The molecular weight excluding hydrogens is 468 g/mol. The van der Waals surface area contributed by atoms with Crippen LogP contribution in [0.15, 0.2) is 72.8 Å². The van der Waals surface area contributed by atoms with Crippen LogP contribution in [0.2, 0.25) is 0 Å². The van der Waals surface area contributed by atoms with E-state index < -0.39 is 29.6 Å². The molecule has 0 aromatic heterocycles. The molecule has 4 amide bonds. The lowest BCUT2D eigenvalue weighted by Crippen LogP contribution is -2.42. The Bertz CT molecular complexity index is 1170. The van der Waals surface area contributed by atoms with Gasteiger partial charge in [-0.2, -0.15) is 13.2 Å². The molecular formula is C24H22F4N4O3. The molecule has 35 heavy (non-hydrogen) atoms. The number of ether oxygens (including phenoxy) is 1. The zero-order chi connectivity index (χ0) is 25.4. The van der Waals surface area contributed by atoms with Gasteiger partial charge in [0, 0.05) is 24.5 Å². The number of halogens is 4. The zero-order valence-electron chi connectivity index (χ0n) is 18.5. The topological polar surface area (TPSA) is 82.7 Å².